The first-order valence-corrected chi connectivity index (χ1v) is 9.01. The van der Waals surface area contributed by atoms with Crippen molar-refractivity contribution in [2.75, 3.05) is 7.11 Å². The number of methoxy groups -OCH3 is 1. The molecular formula is C21H15F3N3O2. The topological polar surface area (TPSA) is 63.9 Å². The van der Waals surface area contributed by atoms with Crippen LogP contribution in [0.25, 0.3) is 33.7 Å². The fourth-order valence-corrected chi connectivity index (χ4v) is 3.71. The molecule has 0 aliphatic heterocycles. The highest BCUT2D eigenvalue weighted by Crippen LogP contribution is 2.38. The van der Waals surface area contributed by atoms with Crippen molar-refractivity contribution in [2.24, 2.45) is 0 Å². The minimum absolute atomic E-state index is 0.0180. The van der Waals surface area contributed by atoms with Crippen LogP contribution in [0.2, 0.25) is 0 Å². The molecule has 2 heterocycles. The van der Waals surface area contributed by atoms with Gasteiger partial charge >= 0.3 is 6.18 Å². The average molecular weight is 398 g/mol. The maximum atomic E-state index is 12.9. The van der Waals surface area contributed by atoms with Crippen LogP contribution in [0.4, 0.5) is 13.2 Å². The van der Waals surface area contributed by atoms with Gasteiger partial charge in [-0.3, -0.25) is 0 Å². The zero-order valence-electron chi connectivity index (χ0n) is 15.3. The molecule has 5 rings (SSSR count). The van der Waals surface area contributed by atoms with Crippen molar-refractivity contribution in [3.05, 3.63) is 59.6 Å². The van der Waals surface area contributed by atoms with Gasteiger partial charge in [-0.2, -0.15) is 18.2 Å². The van der Waals surface area contributed by atoms with Crippen LogP contribution in [0.3, 0.4) is 0 Å². The van der Waals surface area contributed by atoms with Crippen LogP contribution in [-0.4, -0.2) is 22.2 Å². The van der Waals surface area contributed by atoms with Gasteiger partial charge in [0.15, 0.2) is 0 Å². The highest BCUT2D eigenvalue weighted by molar-refractivity contribution is 5.89. The van der Waals surface area contributed by atoms with Crippen molar-refractivity contribution in [1.29, 1.82) is 0 Å². The van der Waals surface area contributed by atoms with Gasteiger partial charge in [0.05, 0.1) is 18.2 Å². The fourth-order valence-electron chi connectivity index (χ4n) is 3.71. The molecule has 1 aliphatic carbocycles. The van der Waals surface area contributed by atoms with Crippen LogP contribution >= 0.6 is 0 Å². The quantitative estimate of drug-likeness (QED) is 0.501. The van der Waals surface area contributed by atoms with Crippen LogP contribution in [0.1, 0.15) is 23.2 Å². The largest absolute Gasteiger partial charge is 0.496 e. The Hall–Kier alpha value is -3.29. The summed E-state index contributed by atoms with van der Waals surface area (Å²) in [7, 11) is 1.30. The van der Waals surface area contributed by atoms with Crippen molar-refractivity contribution < 1.29 is 22.4 Å². The Morgan fingerprint density at radius 1 is 1.14 bits per heavy atom. The maximum absolute atomic E-state index is 12.9. The first-order chi connectivity index (χ1) is 13.9. The lowest BCUT2D eigenvalue weighted by molar-refractivity contribution is -0.137. The summed E-state index contributed by atoms with van der Waals surface area (Å²) in [6.45, 7) is 0. The smallest absolute Gasteiger partial charge is 0.416 e. The number of halogens is 3. The van der Waals surface area contributed by atoms with E-state index in [4.69, 9.17) is 9.26 Å². The summed E-state index contributed by atoms with van der Waals surface area (Å²) in [5.41, 5.74) is 3.74. The average Bonchev–Trinajstić information content (AvgIpc) is 3.42. The lowest BCUT2D eigenvalue weighted by Gasteiger charge is -2.10. The number of hydrogen-bond acceptors (Lipinski definition) is 4. The molecule has 0 bridgehead atoms. The predicted octanol–water partition coefficient (Wildman–Crippen LogP) is 5.41. The zero-order chi connectivity index (χ0) is 20.2. The second kappa shape index (κ2) is 6.37. The molecule has 0 saturated heterocycles. The van der Waals surface area contributed by atoms with Gasteiger partial charge in [-0.05, 0) is 54.8 Å². The molecule has 0 atom stereocenters. The summed E-state index contributed by atoms with van der Waals surface area (Å²) < 4.78 is 49.3. The van der Waals surface area contributed by atoms with E-state index in [9.17, 15) is 13.2 Å². The Balaban J connectivity index is 1.54. The van der Waals surface area contributed by atoms with Crippen LogP contribution < -0.4 is 4.74 Å². The minimum Gasteiger partial charge on any atom is -0.496 e. The van der Waals surface area contributed by atoms with E-state index >= 15 is 0 Å². The summed E-state index contributed by atoms with van der Waals surface area (Å²) in [6.07, 6.45) is -0.283. The van der Waals surface area contributed by atoms with E-state index in [-0.39, 0.29) is 11.6 Å². The molecule has 4 aromatic rings. The van der Waals surface area contributed by atoms with Crippen molar-refractivity contribution in [3.63, 3.8) is 0 Å². The molecule has 147 valence electrons. The second-order valence-electron chi connectivity index (χ2n) is 6.86. The van der Waals surface area contributed by atoms with E-state index in [1.807, 2.05) is 18.2 Å². The van der Waals surface area contributed by atoms with Gasteiger partial charge in [0.1, 0.15) is 5.75 Å². The summed E-state index contributed by atoms with van der Waals surface area (Å²) in [4.78, 5) is 7.77. The van der Waals surface area contributed by atoms with Gasteiger partial charge < -0.3 is 14.2 Å². The Morgan fingerprint density at radius 3 is 2.79 bits per heavy atom. The molecular weight excluding hydrogens is 383 g/mol. The monoisotopic (exact) mass is 398 g/mol. The lowest BCUT2D eigenvalue weighted by Crippen LogP contribution is -2.05. The Labute approximate surface area is 163 Å². The minimum atomic E-state index is -4.46. The molecule has 0 saturated carbocycles. The first kappa shape index (κ1) is 17.8. The van der Waals surface area contributed by atoms with Crippen molar-refractivity contribution in [3.8, 4) is 28.6 Å². The van der Waals surface area contributed by atoms with Crippen LogP contribution in [-0.2, 0) is 12.6 Å². The Kier molecular flexibility index (Phi) is 3.90. The molecule has 5 nitrogen and oxygen atoms in total. The molecule has 2 aromatic heterocycles. The van der Waals surface area contributed by atoms with Gasteiger partial charge in [0.25, 0.3) is 5.89 Å². The molecule has 0 amide bonds. The third kappa shape index (κ3) is 2.95. The maximum Gasteiger partial charge on any atom is 0.416 e. The number of H-pyrrole nitrogens is 1. The van der Waals surface area contributed by atoms with Gasteiger partial charge in [-0.1, -0.05) is 5.16 Å². The molecule has 1 N–H and O–H groups in total. The van der Waals surface area contributed by atoms with Crippen molar-refractivity contribution in [1.82, 2.24) is 15.1 Å². The van der Waals surface area contributed by atoms with Crippen LogP contribution in [0.5, 0.6) is 5.75 Å². The highest BCUT2D eigenvalue weighted by Gasteiger charge is 2.32. The van der Waals surface area contributed by atoms with E-state index in [1.165, 1.54) is 18.7 Å². The van der Waals surface area contributed by atoms with Gasteiger partial charge in [-0.15, -0.1) is 0 Å². The number of fused-ring (bicyclic) bond motifs is 3. The fraction of sp³-hybridized carbons (Fsp3) is 0.190. The molecule has 2 aromatic carbocycles. The molecule has 1 radical (unpaired) electrons. The number of benzene rings is 2. The first-order valence-electron chi connectivity index (χ1n) is 9.01. The third-order valence-electron chi connectivity index (χ3n) is 5.13. The van der Waals surface area contributed by atoms with Crippen LogP contribution in [0.15, 0.2) is 40.9 Å². The number of hydrogen-bond donors (Lipinski definition) is 1. The Morgan fingerprint density at radius 2 is 2.00 bits per heavy atom. The zero-order valence-corrected chi connectivity index (χ0v) is 15.3. The number of aromatic nitrogens is 3. The number of ether oxygens (including phenoxy) is 1. The summed E-state index contributed by atoms with van der Waals surface area (Å²) in [6, 6.07) is 9.01. The summed E-state index contributed by atoms with van der Waals surface area (Å²) in [5, 5.41) is 5.13. The molecule has 8 heteroatoms. The summed E-state index contributed by atoms with van der Waals surface area (Å²) in [5.74, 6) is 0.476. The van der Waals surface area contributed by atoms with E-state index in [0.717, 1.165) is 47.1 Å². The summed E-state index contributed by atoms with van der Waals surface area (Å²) >= 11 is 0. The number of aromatic amines is 1. The standard InChI is InChI=1S/C21H15F3N3O2/c1-28-18-10-12(21(22,23)24)6-7-14(18)20-26-19(27-29-20)11-5-8-17-15(9-11)13-3-2-4-16(13)25-17/h4-10,25H,2-3H2,1H3. The number of rotatable bonds is 3. The van der Waals surface area contributed by atoms with Gasteiger partial charge in [-0.25, -0.2) is 0 Å². The highest BCUT2D eigenvalue weighted by atomic mass is 19.4. The normalized spacial score (nSPS) is 13.8. The van der Waals surface area contributed by atoms with Gasteiger partial charge in [0.2, 0.25) is 5.82 Å². The van der Waals surface area contributed by atoms with Gasteiger partial charge in [0, 0.05) is 28.6 Å². The van der Waals surface area contributed by atoms with E-state index in [0.29, 0.717) is 11.4 Å². The predicted molar refractivity (Wildman–Crippen MR) is 100 cm³/mol. The molecule has 1 aliphatic rings. The van der Waals surface area contributed by atoms with E-state index in [2.05, 4.69) is 21.5 Å². The number of nitrogens with zero attached hydrogens (tertiary/aromatic N) is 2. The molecule has 0 spiro atoms. The van der Waals surface area contributed by atoms with E-state index < -0.39 is 11.7 Å². The SMILES string of the molecule is COc1cc(C(F)(F)F)ccc1-c1nc(-c2ccc3[nH]c4c(c3c2)CC[CH]4)no1. The number of aryl methyl sites for hydroxylation is 1. The number of alkyl halides is 3. The lowest BCUT2D eigenvalue weighted by atomic mass is 10.1. The number of nitrogens with one attached hydrogen (secondary N) is 1. The van der Waals surface area contributed by atoms with Crippen molar-refractivity contribution in [2.45, 2.75) is 19.0 Å². The Bertz CT molecular complexity index is 1220. The van der Waals surface area contributed by atoms with Crippen molar-refractivity contribution >= 4 is 10.9 Å². The molecule has 0 unspecified atom stereocenters. The second-order valence-corrected chi connectivity index (χ2v) is 6.86. The third-order valence-corrected chi connectivity index (χ3v) is 5.13. The molecule has 0 fully saturated rings. The van der Waals surface area contributed by atoms with E-state index in [1.54, 1.807) is 0 Å². The molecule has 29 heavy (non-hydrogen) atoms. The van der Waals surface area contributed by atoms with Crippen LogP contribution in [0, 0.1) is 6.42 Å².